The summed E-state index contributed by atoms with van der Waals surface area (Å²) < 4.78 is 2.49. The van der Waals surface area contributed by atoms with Gasteiger partial charge in [-0.25, -0.2) is 0 Å². The van der Waals surface area contributed by atoms with Gasteiger partial charge >= 0.3 is 0 Å². The number of ketones is 1. The van der Waals surface area contributed by atoms with Crippen LogP contribution in [0.15, 0.2) is 59.4 Å². The summed E-state index contributed by atoms with van der Waals surface area (Å²) in [5.74, 6) is 0.254. The minimum atomic E-state index is -0.0682. The van der Waals surface area contributed by atoms with E-state index in [0.717, 1.165) is 10.3 Å². The lowest BCUT2D eigenvalue weighted by atomic mass is 9.96. The van der Waals surface area contributed by atoms with E-state index in [4.69, 9.17) is 0 Å². The SMILES string of the molecule is CC(CC(=O)Cn1sc2ccccc2c1=O)c1ccccc1. The number of carbonyl (C=O) groups excluding carboxylic acids is 1. The summed E-state index contributed by atoms with van der Waals surface area (Å²) in [6.07, 6.45) is 0.449. The molecule has 0 spiro atoms. The molecular formula is C18H17NO2S. The van der Waals surface area contributed by atoms with Crippen LogP contribution in [0.2, 0.25) is 0 Å². The molecule has 0 amide bonds. The van der Waals surface area contributed by atoms with Crippen molar-refractivity contribution in [2.75, 3.05) is 0 Å². The molecule has 0 N–H and O–H groups in total. The van der Waals surface area contributed by atoms with Crippen molar-refractivity contribution in [2.24, 2.45) is 0 Å². The van der Waals surface area contributed by atoms with E-state index >= 15 is 0 Å². The highest BCUT2D eigenvalue weighted by atomic mass is 32.1. The van der Waals surface area contributed by atoms with Gasteiger partial charge < -0.3 is 0 Å². The molecule has 0 bridgehead atoms. The standard InChI is InChI=1S/C18H17NO2S/c1-13(14-7-3-2-4-8-14)11-15(20)12-19-18(21)16-9-5-6-10-17(16)22-19/h2-10,13H,11-12H2,1H3. The van der Waals surface area contributed by atoms with Crippen molar-refractivity contribution < 1.29 is 4.79 Å². The third kappa shape index (κ3) is 3.02. The van der Waals surface area contributed by atoms with Crippen molar-refractivity contribution in [3.8, 4) is 0 Å². The van der Waals surface area contributed by atoms with Crippen LogP contribution in [-0.4, -0.2) is 9.74 Å². The molecule has 0 saturated carbocycles. The van der Waals surface area contributed by atoms with Gasteiger partial charge in [0, 0.05) is 6.42 Å². The van der Waals surface area contributed by atoms with Crippen LogP contribution in [0.25, 0.3) is 10.1 Å². The van der Waals surface area contributed by atoms with E-state index in [1.54, 1.807) is 3.96 Å². The summed E-state index contributed by atoms with van der Waals surface area (Å²) in [6, 6.07) is 17.5. The molecule has 0 fully saturated rings. The van der Waals surface area contributed by atoms with Crippen molar-refractivity contribution in [3.63, 3.8) is 0 Å². The first-order chi connectivity index (χ1) is 10.6. The Balaban J connectivity index is 1.73. The highest BCUT2D eigenvalue weighted by Gasteiger charge is 2.14. The second-order valence-corrected chi connectivity index (χ2v) is 6.55. The normalized spacial score (nSPS) is 12.4. The smallest absolute Gasteiger partial charge is 0.268 e. The van der Waals surface area contributed by atoms with Crippen molar-refractivity contribution in [2.45, 2.75) is 25.8 Å². The maximum atomic E-state index is 12.3. The molecule has 112 valence electrons. The molecule has 1 heterocycles. The van der Waals surface area contributed by atoms with Crippen LogP contribution in [0, 0.1) is 0 Å². The van der Waals surface area contributed by atoms with E-state index < -0.39 is 0 Å². The molecule has 0 aliphatic rings. The molecule has 0 radical (unpaired) electrons. The number of rotatable bonds is 5. The summed E-state index contributed by atoms with van der Waals surface area (Å²) in [5.41, 5.74) is 1.08. The summed E-state index contributed by atoms with van der Waals surface area (Å²) in [4.78, 5) is 24.5. The third-order valence-electron chi connectivity index (χ3n) is 3.77. The summed E-state index contributed by atoms with van der Waals surface area (Å²) in [6.45, 7) is 2.20. The maximum absolute atomic E-state index is 12.3. The predicted octanol–water partition coefficient (Wildman–Crippen LogP) is 3.83. The van der Waals surface area contributed by atoms with Crippen LogP contribution >= 0.6 is 11.5 Å². The molecule has 0 aliphatic carbocycles. The lowest BCUT2D eigenvalue weighted by molar-refractivity contribution is -0.119. The monoisotopic (exact) mass is 311 g/mol. The van der Waals surface area contributed by atoms with Crippen LogP contribution in [0.5, 0.6) is 0 Å². The Morgan fingerprint density at radius 2 is 1.77 bits per heavy atom. The largest absolute Gasteiger partial charge is 0.298 e. The highest BCUT2D eigenvalue weighted by Crippen LogP contribution is 2.20. The number of benzene rings is 2. The summed E-state index contributed by atoms with van der Waals surface area (Å²) >= 11 is 1.36. The first-order valence-electron chi connectivity index (χ1n) is 7.30. The van der Waals surface area contributed by atoms with Gasteiger partial charge in [-0.15, -0.1) is 0 Å². The molecule has 0 aliphatic heterocycles. The second-order valence-electron chi connectivity index (χ2n) is 5.48. The molecule has 4 heteroatoms. The lowest BCUT2D eigenvalue weighted by Gasteiger charge is -2.10. The zero-order chi connectivity index (χ0) is 15.5. The van der Waals surface area contributed by atoms with Gasteiger partial charge in [0.05, 0.1) is 16.6 Å². The lowest BCUT2D eigenvalue weighted by Crippen LogP contribution is -2.19. The van der Waals surface area contributed by atoms with Crippen molar-refractivity contribution in [1.29, 1.82) is 0 Å². The van der Waals surface area contributed by atoms with E-state index in [1.165, 1.54) is 11.5 Å². The van der Waals surface area contributed by atoms with E-state index in [-0.39, 0.29) is 23.8 Å². The van der Waals surface area contributed by atoms with Gasteiger partial charge in [0.1, 0.15) is 0 Å². The Morgan fingerprint density at radius 1 is 1.09 bits per heavy atom. The van der Waals surface area contributed by atoms with Crippen LogP contribution in [-0.2, 0) is 11.3 Å². The van der Waals surface area contributed by atoms with Crippen molar-refractivity contribution in [1.82, 2.24) is 3.96 Å². The zero-order valence-corrected chi connectivity index (χ0v) is 13.2. The van der Waals surface area contributed by atoms with Gasteiger partial charge in [-0.1, -0.05) is 60.9 Å². The molecule has 3 nitrogen and oxygen atoms in total. The maximum Gasteiger partial charge on any atom is 0.268 e. The van der Waals surface area contributed by atoms with Crippen LogP contribution in [0.1, 0.15) is 24.8 Å². The molecule has 3 rings (SSSR count). The van der Waals surface area contributed by atoms with Gasteiger partial charge in [0.25, 0.3) is 5.56 Å². The average Bonchev–Trinajstić information content (AvgIpc) is 2.84. The van der Waals surface area contributed by atoms with E-state index in [1.807, 2.05) is 61.5 Å². The van der Waals surface area contributed by atoms with Gasteiger partial charge in [0.2, 0.25) is 0 Å². The Bertz CT molecular complexity index is 848. The molecule has 3 aromatic rings. The number of fused-ring (bicyclic) bond motifs is 1. The fourth-order valence-corrected chi connectivity index (χ4v) is 3.61. The minimum absolute atomic E-state index is 0.0682. The molecule has 2 aromatic carbocycles. The fourth-order valence-electron chi connectivity index (χ4n) is 2.59. The van der Waals surface area contributed by atoms with Crippen LogP contribution in [0.3, 0.4) is 0 Å². The minimum Gasteiger partial charge on any atom is -0.298 e. The molecule has 1 atom stereocenters. The zero-order valence-electron chi connectivity index (χ0n) is 12.4. The number of nitrogens with zero attached hydrogens (tertiary/aromatic N) is 1. The molecule has 22 heavy (non-hydrogen) atoms. The Labute approximate surface area is 133 Å². The van der Waals surface area contributed by atoms with Crippen LogP contribution in [0.4, 0.5) is 0 Å². The topological polar surface area (TPSA) is 39.1 Å². The van der Waals surface area contributed by atoms with Gasteiger partial charge in [0.15, 0.2) is 5.78 Å². The van der Waals surface area contributed by atoms with Crippen LogP contribution < -0.4 is 5.56 Å². The summed E-state index contributed by atoms with van der Waals surface area (Å²) in [7, 11) is 0. The second kappa shape index (κ2) is 6.28. The van der Waals surface area contributed by atoms with E-state index in [0.29, 0.717) is 11.8 Å². The van der Waals surface area contributed by atoms with Gasteiger partial charge in [-0.05, 0) is 23.6 Å². The first kappa shape index (κ1) is 14.7. The van der Waals surface area contributed by atoms with Crippen molar-refractivity contribution in [3.05, 3.63) is 70.5 Å². The summed E-state index contributed by atoms with van der Waals surface area (Å²) in [5, 5.41) is 0.691. The predicted molar refractivity (Wildman–Crippen MR) is 90.6 cm³/mol. The highest BCUT2D eigenvalue weighted by molar-refractivity contribution is 7.13. The quantitative estimate of drug-likeness (QED) is 0.718. The van der Waals surface area contributed by atoms with Gasteiger partial charge in [-0.2, -0.15) is 0 Å². The Morgan fingerprint density at radius 3 is 2.50 bits per heavy atom. The van der Waals surface area contributed by atoms with E-state index in [2.05, 4.69) is 0 Å². The average molecular weight is 311 g/mol. The molecule has 1 unspecified atom stereocenters. The third-order valence-corrected chi connectivity index (χ3v) is 4.84. The van der Waals surface area contributed by atoms with Gasteiger partial charge in [-0.3, -0.25) is 13.5 Å². The molecular weight excluding hydrogens is 294 g/mol. The first-order valence-corrected chi connectivity index (χ1v) is 8.08. The number of hydrogen-bond acceptors (Lipinski definition) is 3. The fraction of sp³-hybridized carbons (Fsp3) is 0.222. The number of hydrogen-bond donors (Lipinski definition) is 0. The molecule has 1 aromatic heterocycles. The number of carbonyl (C=O) groups is 1. The molecule has 0 saturated heterocycles. The number of aromatic nitrogens is 1. The van der Waals surface area contributed by atoms with E-state index in [9.17, 15) is 9.59 Å². The Hall–Kier alpha value is -2.20. The number of Topliss-reactive ketones (excluding diaryl/α,β-unsaturated/α-hetero) is 1. The Kier molecular flexibility index (Phi) is 4.20. The van der Waals surface area contributed by atoms with Crippen molar-refractivity contribution >= 4 is 27.4 Å².